The zero-order valence-electron chi connectivity index (χ0n) is 12.4. The molecule has 23 heavy (non-hydrogen) atoms. The number of benzene rings is 2. The first-order valence-electron chi connectivity index (χ1n) is 7.46. The maximum absolute atomic E-state index is 12.6. The fraction of sp³-hybridized carbons (Fsp3) is 0.0526. The molecule has 0 bridgehead atoms. The van der Waals surface area contributed by atoms with Crippen molar-refractivity contribution in [1.82, 2.24) is 9.38 Å². The van der Waals surface area contributed by atoms with E-state index in [1.165, 1.54) is 0 Å². The SMILES string of the molecule is Cc1cn2c3ccccc3nc2c2c(=O)oc3ccccc3c12. The van der Waals surface area contributed by atoms with Gasteiger partial charge in [0.15, 0.2) is 5.65 Å². The number of para-hydroxylation sites is 3. The highest BCUT2D eigenvalue weighted by Crippen LogP contribution is 2.30. The number of pyridine rings is 1. The number of fused-ring (bicyclic) bond motifs is 7. The Morgan fingerprint density at radius 3 is 2.70 bits per heavy atom. The summed E-state index contributed by atoms with van der Waals surface area (Å²) in [7, 11) is 0. The molecule has 0 aliphatic heterocycles. The summed E-state index contributed by atoms with van der Waals surface area (Å²) in [5, 5.41) is 2.40. The number of nitrogens with zero attached hydrogens (tertiary/aromatic N) is 2. The van der Waals surface area contributed by atoms with Crippen LogP contribution in [-0.2, 0) is 0 Å². The highest BCUT2D eigenvalue weighted by atomic mass is 16.4. The van der Waals surface area contributed by atoms with Crippen LogP contribution < -0.4 is 5.63 Å². The lowest BCUT2D eigenvalue weighted by atomic mass is 10.1. The molecule has 3 heterocycles. The van der Waals surface area contributed by atoms with Crippen molar-refractivity contribution in [3.63, 3.8) is 0 Å². The lowest BCUT2D eigenvalue weighted by molar-refractivity contribution is 0.570. The molecule has 0 radical (unpaired) electrons. The molecule has 4 heteroatoms. The van der Waals surface area contributed by atoms with E-state index >= 15 is 0 Å². The van der Waals surface area contributed by atoms with E-state index in [1.54, 1.807) is 0 Å². The largest absolute Gasteiger partial charge is 0.422 e. The Kier molecular flexibility index (Phi) is 2.26. The summed E-state index contributed by atoms with van der Waals surface area (Å²) in [6, 6.07) is 15.5. The van der Waals surface area contributed by atoms with Crippen LogP contribution in [0.3, 0.4) is 0 Å². The molecule has 0 aliphatic carbocycles. The molecule has 0 aliphatic rings. The van der Waals surface area contributed by atoms with E-state index in [-0.39, 0.29) is 5.63 Å². The first kappa shape index (κ1) is 12.4. The fourth-order valence-electron chi connectivity index (χ4n) is 3.37. The summed E-state index contributed by atoms with van der Waals surface area (Å²) in [5.74, 6) is 0. The number of hydrogen-bond acceptors (Lipinski definition) is 3. The van der Waals surface area contributed by atoms with Gasteiger partial charge in [0.05, 0.1) is 11.0 Å². The van der Waals surface area contributed by atoms with Gasteiger partial charge in [-0.1, -0.05) is 30.3 Å². The van der Waals surface area contributed by atoms with Gasteiger partial charge < -0.3 is 4.42 Å². The summed E-state index contributed by atoms with van der Waals surface area (Å²) in [5.41, 5.74) is 3.79. The van der Waals surface area contributed by atoms with E-state index in [0.29, 0.717) is 16.6 Å². The Morgan fingerprint density at radius 1 is 1.00 bits per heavy atom. The number of hydrogen-bond donors (Lipinski definition) is 0. The van der Waals surface area contributed by atoms with E-state index in [2.05, 4.69) is 4.98 Å². The zero-order valence-corrected chi connectivity index (χ0v) is 12.4. The third kappa shape index (κ3) is 1.55. The second-order valence-electron chi connectivity index (χ2n) is 5.74. The Labute approximate surface area is 130 Å². The molecule has 0 N–H and O–H groups in total. The van der Waals surface area contributed by atoms with E-state index in [9.17, 15) is 4.79 Å². The Balaban J connectivity index is 2.18. The fourth-order valence-corrected chi connectivity index (χ4v) is 3.37. The highest BCUT2D eigenvalue weighted by Gasteiger charge is 2.16. The van der Waals surface area contributed by atoms with Crippen LogP contribution in [0.2, 0.25) is 0 Å². The Hall–Kier alpha value is -3.14. The summed E-state index contributed by atoms with van der Waals surface area (Å²) >= 11 is 0. The number of rotatable bonds is 0. The van der Waals surface area contributed by atoms with Crippen molar-refractivity contribution in [2.45, 2.75) is 6.92 Å². The molecule has 0 amide bonds. The molecule has 0 spiro atoms. The Morgan fingerprint density at radius 2 is 1.78 bits per heavy atom. The average Bonchev–Trinajstić information content (AvgIpc) is 2.93. The van der Waals surface area contributed by atoms with Crippen molar-refractivity contribution in [2.24, 2.45) is 0 Å². The highest BCUT2D eigenvalue weighted by molar-refractivity contribution is 6.11. The lowest BCUT2D eigenvalue weighted by Gasteiger charge is -2.07. The van der Waals surface area contributed by atoms with Gasteiger partial charge in [-0.25, -0.2) is 9.78 Å². The lowest BCUT2D eigenvalue weighted by Crippen LogP contribution is -2.04. The first-order valence-corrected chi connectivity index (χ1v) is 7.46. The predicted octanol–water partition coefficient (Wildman–Crippen LogP) is 4.06. The van der Waals surface area contributed by atoms with Crippen LogP contribution in [0, 0.1) is 6.92 Å². The zero-order chi connectivity index (χ0) is 15.6. The standard InChI is InChI=1S/C19H12N2O2/c1-11-10-21-14-8-4-3-7-13(14)20-18(21)17-16(11)12-6-2-5-9-15(12)23-19(17)22/h2-10H,1H3. The van der Waals surface area contributed by atoms with Crippen molar-refractivity contribution < 1.29 is 4.42 Å². The molecule has 0 atom stereocenters. The summed E-state index contributed by atoms with van der Waals surface area (Å²) in [6.07, 6.45) is 2.04. The minimum atomic E-state index is -0.345. The molecular weight excluding hydrogens is 288 g/mol. The minimum Gasteiger partial charge on any atom is -0.422 e. The van der Waals surface area contributed by atoms with E-state index in [0.717, 1.165) is 27.4 Å². The summed E-state index contributed by atoms with van der Waals surface area (Å²) in [6.45, 7) is 2.02. The molecular formula is C19H12N2O2. The molecule has 0 saturated heterocycles. The molecule has 4 nitrogen and oxygen atoms in total. The van der Waals surface area contributed by atoms with Crippen molar-refractivity contribution >= 4 is 38.4 Å². The van der Waals surface area contributed by atoms with Gasteiger partial charge in [0, 0.05) is 17.0 Å². The molecule has 0 unspecified atom stereocenters. The maximum Gasteiger partial charge on any atom is 0.348 e. The van der Waals surface area contributed by atoms with Gasteiger partial charge in [0.1, 0.15) is 11.0 Å². The molecule has 3 aromatic heterocycles. The van der Waals surface area contributed by atoms with Crippen molar-refractivity contribution in [1.29, 1.82) is 0 Å². The van der Waals surface area contributed by atoms with Gasteiger partial charge in [-0.05, 0) is 30.7 Å². The quantitative estimate of drug-likeness (QED) is 0.320. The van der Waals surface area contributed by atoms with Gasteiger partial charge in [-0.3, -0.25) is 4.40 Å². The first-order chi connectivity index (χ1) is 11.2. The topological polar surface area (TPSA) is 47.5 Å². The van der Waals surface area contributed by atoms with Crippen LogP contribution in [0.5, 0.6) is 0 Å². The summed E-state index contributed by atoms with van der Waals surface area (Å²) < 4.78 is 7.50. The average molecular weight is 300 g/mol. The molecule has 0 saturated carbocycles. The Bertz CT molecular complexity index is 1300. The van der Waals surface area contributed by atoms with Gasteiger partial charge in [-0.15, -0.1) is 0 Å². The van der Waals surface area contributed by atoms with Crippen molar-refractivity contribution in [2.75, 3.05) is 0 Å². The van der Waals surface area contributed by atoms with Crippen LogP contribution >= 0.6 is 0 Å². The minimum absolute atomic E-state index is 0.345. The van der Waals surface area contributed by atoms with E-state index in [4.69, 9.17) is 4.42 Å². The molecule has 2 aromatic carbocycles. The van der Waals surface area contributed by atoms with Crippen LogP contribution in [0.15, 0.2) is 63.9 Å². The van der Waals surface area contributed by atoms with Gasteiger partial charge in [0.25, 0.3) is 0 Å². The molecule has 110 valence electrons. The smallest absolute Gasteiger partial charge is 0.348 e. The third-order valence-corrected chi connectivity index (χ3v) is 4.35. The van der Waals surface area contributed by atoms with Crippen LogP contribution in [-0.4, -0.2) is 9.38 Å². The number of imidazole rings is 1. The van der Waals surface area contributed by atoms with Crippen molar-refractivity contribution in [3.05, 3.63) is 70.7 Å². The second kappa shape index (κ2) is 4.20. The van der Waals surface area contributed by atoms with Gasteiger partial charge in [-0.2, -0.15) is 0 Å². The molecule has 0 fully saturated rings. The van der Waals surface area contributed by atoms with E-state index in [1.807, 2.05) is 66.1 Å². The second-order valence-corrected chi connectivity index (χ2v) is 5.74. The summed E-state index contributed by atoms with van der Waals surface area (Å²) in [4.78, 5) is 17.3. The number of aromatic nitrogens is 2. The normalized spacial score (nSPS) is 11.9. The number of aryl methyl sites for hydroxylation is 1. The van der Waals surface area contributed by atoms with E-state index < -0.39 is 0 Å². The third-order valence-electron chi connectivity index (χ3n) is 4.35. The molecule has 5 rings (SSSR count). The molecule has 5 aromatic rings. The van der Waals surface area contributed by atoms with Gasteiger partial charge in [0.2, 0.25) is 0 Å². The predicted molar refractivity (Wildman–Crippen MR) is 91.0 cm³/mol. The monoisotopic (exact) mass is 300 g/mol. The van der Waals surface area contributed by atoms with Gasteiger partial charge >= 0.3 is 5.63 Å². The van der Waals surface area contributed by atoms with Crippen LogP contribution in [0.25, 0.3) is 38.4 Å². The van der Waals surface area contributed by atoms with Crippen molar-refractivity contribution in [3.8, 4) is 0 Å². The maximum atomic E-state index is 12.6. The van der Waals surface area contributed by atoms with Crippen LogP contribution in [0.4, 0.5) is 0 Å². The van der Waals surface area contributed by atoms with Crippen LogP contribution in [0.1, 0.15) is 5.56 Å².